The van der Waals surface area contributed by atoms with Gasteiger partial charge in [-0.25, -0.2) is 0 Å². The Morgan fingerprint density at radius 3 is 2.54 bits per heavy atom. The molecule has 0 unspecified atom stereocenters. The SMILES string of the molecule is COc1cccc(N2CCN([C@@H](C)C(=O)Nc3ccccc3Cl)CC2)c1. The van der Waals surface area contributed by atoms with Crippen molar-refractivity contribution in [3.05, 3.63) is 53.6 Å². The standard InChI is InChI=1S/C20H24ClN3O2/c1-15(20(25)22-19-9-4-3-8-18(19)21)23-10-12-24(13-11-23)16-6-5-7-17(14-16)26-2/h3-9,14-15H,10-13H2,1-2H3,(H,22,25)/t15-/m0/s1. The number of rotatable bonds is 5. The number of halogens is 1. The van der Waals surface area contributed by atoms with Crippen molar-refractivity contribution in [2.45, 2.75) is 13.0 Å². The Morgan fingerprint density at radius 1 is 1.12 bits per heavy atom. The van der Waals surface area contributed by atoms with Crippen molar-refractivity contribution in [1.82, 2.24) is 4.90 Å². The Kier molecular flexibility index (Phi) is 6.01. The highest BCUT2D eigenvalue weighted by Gasteiger charge is 2.26. The molecule has 1 fully saturated rings. The third-order valence-electron chi connectivity index (χ3n) is 4.79. The van der Waals surface area contributed by atoms with Gasteiger partial charge >= 0.3 is 0 Å². The summed E-state index contributed by atoms with van der Waals surface area (Å²) in [6.07, 6.45) is 0. The third kappa shape index (κ3) is 4.29. The van der Waals surface area contributed by atoms with Crippen LogP contribution in [0.25, 0.3) is 0 Å². The number of para-hydroxylation sites is 1. The smallest absolute Gasteiger partial charge is 0.241 e. The zero-order chi connectivity index (χ0) is 18.5. The van der Waals surface area contributed by atoms with Crippen LogP contribution >= 0.6 is 11.6 Å². The van der Waals surface area contributed by atoms with E-state index in [1.165, 1.54) is 0 Å². The third-order valence-corrected chi connectivity index (χ3v) is 5.12. The molecule has 26 heavy (non-hydrogen) atoms. The van der Waals surface area contributed by atoms with Gasteiger partial charge in [0.05, 0.1) is 23.9 Å². The highest BCUT2D eigenvalue weighted by molar-refractivity contribution is 6.33. The van der Waals surface area contributed by atoms with Crippen LogP contribution in [-0.4, -0.2) is 50.1 Å². The average molecular weight is 374 g/mol. The second-order valence-electron chi connectivity index (χ2n) is 6.37. The number of methoxy groups -OCH3 is 1. The summed E-state index contributed by atoms with van der Waals surface area (Å²) in [5.41, 5.74) is 1.80. The minimum Gasteiger partial charge on any atom is -0.497 e. The van der Waals surface area contributed by atoms with Crippen molar-refractivity contribution >= 4 is 28.9 Å². The lowest BCUT2D eigenvalue weighted by Gasteiger charge is -2.38. The van der Waals surface area contributed by atoms with Crippen LogP contribution in [0.5, 0.6) is 5.75 Å². The fraction of sp³-hybridized carbons (Fsp3) is 0.350. The maximum absolute atomic E-state index is 12.6. The highest BCUT2D eigenvalue weighted by Crippen LogP contribution is 2.23. The van der Waals surface area contributed by atoms with Gasteiger partial charge in [0.15, 0.2) is 0 Å². The molecule has 5 nitrogen and oxygen atoms in total. The molecule has 2 aromatic carbocycles. The van der Waals surface area contributed by atoms with E-state index < -0.39 is 0 Å². The molecule has 138 valence electrons. The predicted octanol–water partition coefficient (Wildman–Crippen LogP) is 3.50. The van der Waals surface area contributed by atoms with Gasteiger partial charge in [-0.05, 0) is 31.2 Å². The summed E-state index contributed by atoms with van der Waals surface area (Å²) in [6.45, 7) is 5.34. The maximum Gasteiger partial charge on any atom is 0.241 e. The lowest BCUT2D eigenvalue weighted by molar-refractivity contribution is -0.120. The Bertz CT molecular complexity index is 760. The number of hydrogen-bond acceptors (Lipinski definition) is 4. The van der Waals surface area contributed by atoms with Gasteiger partial charge in [-0.1, -0.05) is 29.8 Å². The summed E-state index contributed by atoms with van der Waals surface area (Å²) in [5, 5.41) is 3.47. The lowest BCUT2D eigenvalue weighted by atomic mass is 10.2. The van der Waals surface area contributed by atoms with Gasteiger partial charge < -0.3 is 15.0 Å². The molecule has 2 aromatic rings. The monoisotopic (exact) mass is 373 g/mol. The molecule has 1 heterocycles. The van der Waals surface area contributed by atoms with E-state index in [1.54, 1.807) is 13.2 Å². The van der Waals surface area contributed by atoms with E-state index in [9.17, 15) is 4.79 Å². The highest BCUT2D eigenvalue weighted by atomic mass is 35.5. The second-order valence-corrected chi connectivity index (χ2v) is 6.78. The van der Waals surface area contributed by atoms with E-state index in [-0.39, 0.29) is 11.9 Å². The normalized spacial score (nSPS) is 16.2. The number of anilines is 2. The first-order valence-corrected chi connectivity index (χ1v) is 9.14. The first-order valence-electron chi connectivity index (χ1n) is 8.77. The van der Waals surface area contributed by atoms with Crippen LogP contribution in [0.4, 0.5) is 11.4 Å². The molecule has 0 radical (unpaired) electrons. The van der Waals surface area contributed by atoms with Gasteiger partial charge in [-0.2, -0.15) is 0 Å². The van der Waals surface area contributed by atoms with Gasteiger partial charge in [0.25, 0.3) is 0 Å². The van der Waals surface area contributed by atoms with Crippen LogP contribution in [0.15, 0.2) is 48.5 Å². The summed E-state index contributed by atoms with van der Waals surface area (Å²) < 4.78 is 5.30. The molecular weight excluding hydrogens is 350 g/mol. The van der Waals surface area contributed by atoms with Crippen molar-refractivity contribution in [3.63, 3.8) is 0 Å². The van der Waals surface area contributed by atoms with Crippen LogP contribution in [-0.2, 0) is 4.79 Å². The molecule has 0 saturated carbocycles. The largest absolute Gasteiger partial charge is 0.497 e. The van der Waals surface area contributed by atoms with Crippen LogP contribution < -0.4 is 15.0 Å². The molecule has 1 aliphatic rings. The molecular formula is C20H24ClN3O2. The van der Waals surface area contributed by atoms with E-state index in [0.29, 0.717) is 10.7 Å². The quantitative estimate of drug-likeness (QED) is 0.871. The number of piperazine rings is 1. The summed E-state index contributed by atoms with van der Waals surface area (Å²) in [5.74, 6) is 0.824. The van der Waals surface area contributed by atoms with Crippen molar-refractivity contribution in [2.24, 2.45) is 0 Å². The summed E-state index contributed by atoms with van der Waals surface area (Å²) in [6, 6.07) is 15.2. The molecule has 0 aromatic heterocycles. The van der Waals surface area contributed by atoms with Gasteiger partial charge in [0.1, 0.15) is 5.75 Å². The van der Waals surface area contributed by atoms with E-state index in [0.717, 1.165) is 37.6 Å². The fourth-order valence-corrected chi connectivity index (χ4v) is 3.32. The first-order chi connectivity index (χ1) is 12.6. The van der Waals surface area contributed by atoms with Gasteiger partial charge in [0.2, 0.25) is 5.91 Å². The Morgan fingerprint density at radius 2 is 1.85 bits per heavy atom. The molecule has 6 heteroatoms. The lowest BCUT2D eigenvalue weighted by Crippen LogP contribution is -2.52. The maximum atomic E-state index is 12.6. The van der Waals surface area contributed by atoms with Gasteiger partial charge in [-0.3, -0.25) is 9.69 Å². The van der Waals surface area contributed by atoms with Crippen molar-refractivity contribution < 1.29 is 9.53 Å². The fourth-order valence-electron chi connectivity index (χ4n) is 3.14. The number of nitrogens with zero attached hydrogens (tertiary/aromatic N) is 2. The topological polar surface area (TPSA) is 44.8 Å². The van der Waals surface area contributed by atoms with Crippen molar-refractivity contribution in [3.8, 4) is 5.75 Å². The van der Waals surface area contributed by atoms with Crippen LogP contribution in [0.2, 0.25) is 5.02 Å². The summed E-state index contributed by atoms with van der Waals surface area (Å²) in [7, 11) is 1.68. The number of carbonyl (C=O) groups is 1. The molecule has 1 atom stereocenters. The summed E-state index contributed by atoms with van der Waals surface area (Å²) in [4.78, 5) is 17.1. The number of ether oxygens (including phenoxy) is 1. The van der Waals surface area contributed by atoms with Gasteiger partial charge in [0, 0.05) is 37.9 Å². The van der Waals surface area contributed by atoms with Crippen LogP contribution in [0, 0.1) is 0 Å². The molecule has 1 aliphatic heterocycles. The number of benzene rings is 2. The molecule has 3 rings (SSSR count). The average Bonchev–Trinajstić information content (AvgIpc) is 2.69. The second kappa shape index (κ2) is 8.43. The Hall–Kier alpha value is -2.24. The van der Waals surface area contributed by atoms with Crippen molar-refractivity contribution in [1.29, 1.82) is 0 Å². The zero-order valence-electron chi connectivity index (χ0n) is 15.1. The van der Waals surface area contributed by atoms with E-state index in [4.69, 9.17) is 16.3 Å². The van der Waals surface area contributed by atoms with Gasteiger partial charge in [-0.15, -0.1) is 0 Å². The number of hydrogen-bond donors (Lipinski definition) is 1. The number of nitrogens with one attached hydrogen (secondary N) is 1. The molecule has 0 bridgehead atoms. The minimum absolute atomic E-state index is 0.0343. The molecule has 1 N–H and O–H groups in total. The van der Waals surface area contributed by atoms with Crippen molar-refractivity contribution in [2.75, 3.05) is 43.5 Å². The molecule has 0 spiro atoms. The van der Waals surface area contributed by atoms with E-state index >= 15 is 0 Å². The van der Waals surface area contributed by atoms with Crippen LogP contribution in [0.1, 0.15) is 6.92 Å². The zero-order valence-corrected chi connectivity index (χ0v) is 15.9. The number of amides is 1. The molecule has 1 amide bonds. The number of carbonyl (C=O) groups excluding carboxylic acids is 1. The first kappa shape index (κ1) is 18.5. The van der Waals surface area contributed by atoms with E-state index in [2.05, 4.69) is 21.2 Å². The minimum atomic E-state index is -0.210. The molecule has 1 saturated heterocycles. The predicted molar refractivity (Wildman–Crippen MR) is 106 cm³/mol. The molecule has 0 aliphatic carbocycles. The summed E-state index contributed by atoms with van der Waals surface area (Å²) >= 11 is 6.13. The van der Waals surface area contributed by atoms with E-state index in [1.807, 2.05) is 43.3 Å². The Labute approximate surface area is 159 Å². The Balaban J connectivity index is 1.57. The van der Waals surface area contributed by atoms with Crippen LogP contribution in [0.3, 0.4) is 0 Å².